The van der Waals surface area contributed by atoms with E-state index >= 15 is 0 Å². The third kappa shape index (κ3) is 25.3. The first-order valence-corrected chi connectivity index (χ1v) is 29.0. The van der Waals surface area contributed by atoms with Crippen LogP contribution in [0.4, 0.5) is 79.3 Å². The maximum absolute atomic E-state index is 13.4. The molecule has 0 radical (unpaired) electrons. The van der Waals surface area contributed by atoms with Crippen molar-refractivity contribution in [2.24, 2.45) is 5.73 Å². The molecule has 0 spiro atoms. The summed E-state index contributed by atoms with van der Waals surface area (Å²) in [6.45, 7) is 5.31. The normalized spacial score (nSPS) is 11.8. The number of anilines is 3. The molecule has 8 aromatic rings. The third-order valence-corrected chi connectivity index (χ3v) is 14.4. The summed E-state index contributed by atoms with van der Waals surface area (Å²) in [6, 6.07) is 23.8. The van der Waals surface area contributed by atoms with E-state index in [1.54, 1.807) is 32.9 Å². The quantitative estimate of drug-likeness (QED) is 0.0231. The van der Waals surface area contributed by atoms with Gasteiger partial charge in [0.1, 0.15) is 60.3 Å². The van der Waals surface area contributed by atoms with Crippen LogP contribution in [0.5, 0.6) is 0 Å². The number of carbonyl (C=O) groups is 5. The standard InChI is InChI=1S/C21H17F4N3O3S.C14H14N2O4S.C13H11F4N3OS.C7H5F4N.CH3Br.K.H/c1-12(27-20(30)31-11-13-5-3-2-4-6-13)19-26-10-17(32-19)18(29)28-14-7-8-16(22)15(9-14)21(23,24)25;1-9(12-15-7-11(21-12)13(17)18)16-14(19)20-8-10-5-3-2-4-6-10;1-6(18)12-19-5-10(22-12)11(21)20-7-2-3-9(14)8(4-7)13(15,16)17;8-6-2-1-4(12)3-5(6)7(9,10)11;1-2;;/h2-10,12H,11H2,1H3,(H,27,30)(H,28,29);2-7,9H,8H2,1H3,(H,16,19)(H,17,18);2-6H,18H2,1H3,(H,20,21);1-3H,12H2;1H3;;/q;;;;;+1;-1. The fourth-order valence-electron chi connectivity index (χ4n) is 6.58. The number of carboxylic acid groups (broad SMARTS) is 1. The Hall–Kier alpha value is -7.02. The van der Waals surface area contributed by atoms with E-state index < -0.39 is 94.7 Å². The first kappa shape index (κ1) is 77.2. The monoisotopic (exact) mass is 1420 g/mol. The molecule has 17 nitrogen and oxygen atoms in total. The fourth-order valence-corrected chi connectivity index (χ4v) is 8.92. The van der Waals surface area contributed by atoms with Crippen LogP contribution in [-0.2, 0) is 41.2 Å². The molecule has 34 heteroatoms. The summed E-state index contributed by atoms with van der Waals surface area (Å²) < 4.78 is 161. The number of carboxylic acids is 1. The Labute approximate surface area is 569 Å². The first-order chi connectivity index (χ1) is 41.8. The van der Waals surface area contributed by atoms with Gasteiger partial charge in [-0.15, -0.1) is 34.0 Å². The predicted molar refractivity (Wildman–Crippen MR) is 313 cm³/mol. The van der Waals surface area contributed by atoms with E-state index in [1.165, 1.54) is 18.6 Å². The van der Waals surface area contributed by atoms with Crippen LogP contribution < -0.4 is 84.1 Å². The second-order valence-electron chi connectivity index (χ2n) is 17.7. The van der Waals surface area contributed by atoms with E-state index in [-0.39, 0.29) is 104 Å². The molecular weight excluding hydrogens is 1370 g/mol. The minimum Gasteiger partial charge on any atom is -1.00 e. The van der Waals surface area contributed by atoms with Crippen molar-refractivity contribution in [3.63, 3.8) is 0 Å². The average molecular weight is 1420 g/mol. The molecule has 0 aliphatic rings. The van der Waals surface area contributed by atoms with Crippen LogP contribution in [0, 0.1) is 17.5 Å². The molecule has 0 aliphatic carbocycles. The molecular formula is C56H51BrF12KN9O8S3. The molecule has 0 saturated heterocycles. The van der Waals surface area contributed by atoms with Crippen molar-refractivity contribution in [3.8, 4) is 0 Å². The number of alkyl carbamates (subject to hydrolysis) is 2. The van der Waals surface area contributed by atoms with Crippen molar-refractivity contribution in [2.45, 2.75) is 70.6 Å². The number of amides is 4. The number of nitrogen functional groups attached to an aromatic ring is 1. The van der Waals surface area contributed by atoms with Crippen LogP contribution in [-0.4, -0.2) is 55.9 Å². The second kappa shape index (κ2) is 36.1. The zero-order valence-corrected chi connectivity index (χ0v) is 54.4. The summed E-state index contributed by atoms with van der Waals surface area (Å²) >= 11 is 5.95. The molecule has 0 fully saturated rings. The van der Waals surface area contributed by atoms with Crippen LogP contribution in [0.15, 0.2) is 134 Å². The average Bonchev–Trinajstić information content (AvgIpc) is 3.11. The molecule has 0 bridgehead atoms. The zero-order valence-electron chi connectivity index (χ0n) is 48.3. The van der Waals surface area contributed by atoms with E-state index in [1.807, 2.05) is 54.4 Å². The van der Waals surface area contributed by atoms with Gasteiger partial charge in [0.05, 0.1) is 53.4 Å². The molecule has 3 aromatic heterocycles. The molecule has 8 rings (SSSR count). The van der Waals surface area contributed by atoms with Crippen LogP contribution >= 0.6 is 49.9 Å². The molecule has 9 N–H and O–H groups in total. The Bertz CT molecular complexity index is 3650. The summed E-state index contributed by atoms with van der Waals surface area (Å²) in [4.78, 5) is 71.1. The van der Waals surface area contributed by atoms with Crippen molar-refractivity contribution in [1.29, 1.82) is 0 Å². The van der Waals surface area contributed by atoms with Crippen LogP contribution in [0.25, 0.3) is 0 Å². The van der Waals surface area contributed by atoms with Gasteiger partial charge in [-0.25, -0.2) is 42.5 Å². The van der Waals surface area contributed by atoms with Gasteiger partial charge in [0.25, 0.3) is 11.8 Å². The van der Waals surface area contributed by atoms with Gasteiger partial charge in [0.15, 0.2) is 0 Å². The van der Waals surface area contributed by atoms with E-state index in [4.69, 9.17) is 26.0 Å². The predicted octanol–water partition coefficient (Wildman–Crippen LogP) is 12.5. The number of thiazole rings is 3. The van der Waals surface area contributed by atoms with Gasteiger partial charge in [-0.1, -0.05) is 76.6 Å². The summed E-state index contributed by atoms with van der Waals surface area (Å²) in [5.74, 6) is -4.71. The van der Waals surface area contributed by atoms with Crippen LogP contribution in [0.3, 0.4) is 0 Å². The number of nitrogens with zero attached hydrogens (tertiary/aromatic N) is 3. The Balaban J connectivity index is 0.000000425. The zero-order chi connectivity index (χ0) is 66.4. The molecule has 478 valence electrons. The Morgan fingerprint density at radius 1 is 0.544 bits per heavy atom. The summed E-state index contributed by atoms with van der Waals surface area (Å²) in [6.07, 6.45) is -11.9. The van der Waals surface area contributed by atoms with Gasteiger partial charge in [0.2, 0.25) is 0 Å². The maximum atomic E-state index is 13.4. The third-order valence-electron chi connectivity index (χ3n) is 10.8. The topological polar surface area (TPSA) is 263 Å². The Kier molecular flexibility index (Phi) is 31.0. The number of alkyl halides is 10. The van der Waals surface area contributed by atoms with Gasteiger partial charge >= 0.3 is 88.1 Å². The first-order valence-electron chi connectivity index (χ1n) is 25.0. The number of halogens is 13. The smallest absolute Gasteiger partial charge is 1.00 e. The van der Waals surface area contributed by atoms with E-state index in [9.17, 15) is 76.7 Å². The molecule has 90 heavy (non-hydrogen) atoms. The van der Waals surface area contributed by atoms with Crippen LogP contribution in [0.2, 0.25) is 0 Å². The number of benzene rings is 5. The number of hydrogen-bond acceptors (Lipinski definition) is 15. The van der Waals surface area contributed by atoms with E-state index in [2.05, 4.69) is 52.1 Å². The maximum Gasteiger partial charge on any atom is 1.00 e. The van der Waals surface area contributed by atoms with Gasteiger partial charge < -0.3 is 48.7 Å². The number of ether oxygens (including phenoxy) is 2. The largest absolute Gasteiger partial charge is 1.00 e. The van der Waals surface area contributed by atoms with Gasteiger partial charge in [-0.2, -0.15) is 39.5 Å². The van der Waals surface area contributed by atoms with Crippen molar-refractivity contribution in [2.75, 3.05) is 22.2 Å². The number of nitrogens with two attached hydrogens (primary N) is 2. The molecule has 0 aliphatic heterocycles. The SMILES string of the molecule is CBr.CC(N)c1ncc(C(=O)Nc2ccc(F)c(C(F)(F)F)c2)s1.CC(NC(=O)OCc1ccccc1)c1ncc(C(=O)Nc2ccc(F)c(C(F)(F)F)c2)s1.CC(NC(=O)OCc1ccccc1)c1ncc(C(=O)O)s1.Nc1ccc(F)c(C(F)(F)F)c1.[H-].[K+]. The number of aromatic nitrogens is 3. The van der Waals surface area contributed by atoms with Crippen molar-refractivity contribution in [1.82, 2.24) is 25.6 Å². The fraction of sp³-hybridized carbons (Fsp3) is 0.214. The van der Waals surface area contributed by atoms with Crippen molar-refractivity contribution < 1.29 is 144 Å². The number of rotatable bonds is 14. The molecule has 5 aromatic carbocycles. The Morgan fingerprint density at radius 3 is 1.21 bits per heavy atom. The molecule has 4 amide bonds. The van der Waals surface area contributed by atoms with Gasteiger partial charge in [-0.05, 0) is 92.3 Å². The molecule has 3 heterocycles. The number of aromatic carboxylic acids is 1. The second-order valence-corrected chi connectivity index (χ2v) is 20.9. The minimum atomic E-state index is -4.89. The summed E-state index contributed by atoms with van der Waals surface area (Å²) in [5.41, 5.74) is 7.65. The molecule has 3 unspecified atom stereocenters. The van der Waals surface area contributed by atoms with E-state index in [0.717, 1.165) is 63.3 Å². The summed E-state index contributed by atoms with van der Waals surface area (Å²) in [7, 11) is 0. The molecule has 3 atom stereocenters. The number of nitrogens with one attached hydrogen (secondary N) is 4. The van der Waals surface area contributed by atoms with Crippen molar-refractivity contribution >= 4 is 97.0 Å². The van der Waals surface area contributed by atoms with Gasteiger partial charge in [-0.3, -0.25) is 9.59 Å². The van der Waals surface area contributed by atoms with Gasteiger partial charge in [0, 0.05) is 17.1 Å². The minimum absolute atomic E-state index is 0. The number of hydrogen-bond donors (Lipinski definition) is 7. The van der Waals surface area contributed by atoms with E-state index in [0.29, 0.717) is 51.4 Å². The molecule has 0 saturated carbocycles. The number of carbonyl (C=O) groups excluding carboxylic acids is 4. The summed E-state index contributed by atoms with van der Waals surface area (Å²) in [5, 5.41) is 20.0. The van der Waals surface area contributed by atoms with Crippen LogP contribution in [0.1, 0.15) is 112 Å². The Morgan fingerprint density at radius 2 is 0.878 bits per heavy atom. The van der Waals surface area contributed by atoms with Crippen molar-refractivity contribution in [3.05, 3.63) is 209 Å².